The maximum absolute atomic E-state index is 13.4. The van der Waals surface area contributed by atoms with Gasteiger partial charge in [-0.3, -0.25) is 0 Å². The standard InChI is InChI=1S/C14H10FN3O2/c1-8-2-4-10(15)7-13(8)18-12-5-3-9(14(19)20)6-11(12)16-17-18/h2-7H,1H3,(H,19,20). The molecule has 20 heavy (non-hydrogen) atoms. The average molecular weight is 271 g/mol. The lowest BCUT2D eigenvalue weighted by Crippen LogP contribution is -2.00. The molecule has 6 heteroatoms. The van der Waals surface area contributed by atoms with E-state index in [1.165, 1.54) is 28.9 Å². The normalized spacial score (nSPS) is 10.9. The Morgan fingerprint density at radius 1 is 1.25 bits per heavy atom. The summed E-state index contributed by atoms with van der Waals surface area (Å²) in [5, 5.41) is 16.9. The number of aryl methyl sites for hydroxylation is 1. The number of aromatic carboxylic acids is 1. The minimum atomic E-state index is -1.02. The molecule has 0 aliphatic heterocycles. The lowest BCUT2D eigenvalue weighted by Gasteiger charge is -2.06. The van der Waals surface area contributed by atoms with E-state index in [2.05, 4.69) is 10.3 Å². The fraction of sp³-hybridized carbons (Fsp3) is 0.0714. The van der Waals surface area contributed by atoms with E-state index < -0.39 is 5.97 Å². The van der Waals surface area contributed by atoms with Crippen molar-refractivity contribution in [1.29, 1.82) is 0 Å². The summed E-state index contributed by atoms with van der Waals surface area (Å²) in [6, 6.07) is 8.93. The van der Waals surface area contributed by atoms with Crippen molar-refractivity contribution in [3.05, 3.63) is 53.3 Å². The van der Waals surface area contributed by atoms with Crippen LogP contribution in [0, 0.1) is 12.7 Å². The van der Waals surface area contributed by atoms with Gasteiger partial charge in [0.1, 0.15) is 11.3 Å². The van der Waals surface area contributed by atoms with Crippen molar-refractivity contribution in [2.24, 2.45) is 0 Å². The average Bonchev–Trinajstić information content (AvgIpc) is 2.84. The van der Waals surface area contributed by atoms with Gasteiger partial charge in [-0.1, -0.05) is 11.3 Å². The Balaban J connectivity index is 2.22. The second-order valence-electron chi connectivity index (χ2n) is 4.44. The Labute approximate surface area is 113 Å². The van der Waals surface area contributed by atoms with Gasteiger partial charge < -0.3 is 5.11 Å². The molecular weight excluding hydrogens is 261 g/mol. The lowest BCUT2D eigenvalue weighted by molar-refractivity contribution is 0.0697. The largest absolute Gasteiger partial charge is 0.478 e. The van der Waals surface area contributed by atoms with E-state index in [4.69, 9.17) is 5.11 Å². The summed E-state index contributed by atoms with van der Waals surface area (Å²) < 4.78 is 14.9. The molecule has 0 fully saturated rings. The molecule has 1 aromatic heterocycles. The summed E-state index contributed by atoms with van der Waals surface area (Å²) >= 11 is 0. The summed E-state index contributed by atoms with van der Waals surface area (Å²) in [4.78, 5) is 10.9. The molecule has 0 aliphatic rings. The summed E-state index contributed by atoms with van der Waals surface area (Å²) in [6.07, 6.45) is 0. The van der Waals surface area contributed by atoms with Crippen LogP contribution < -0.4 is 0 Å². The smallest absolute Gasteiger partial charge is 0.335 e. The molecule has 0 saturated heterocycles. The Kier molecular flexibility index (Phi) is 2.71. The second kappa shape index (κ2) is 4.41. The highest BCUT2D eigenvalue weighted by atomic mass is 19.1. The van der Waals surface area contributed by atoms with Gasteiger partial charge >= 0.3 is 5.97 Å². The number of nitrogens with zero attached hydrogens (tertiary/aromatic N) is 3. The molecular formula is C14H10FN3O2. The van der Waals surface area contributed by atoms with E-state index >= 15 is 0 Å². The Morgan fingerprint density at radius 3 is 2.80 bits per heavy atom. The number of aromatic nitrogens is 3. The minimum Gasteiger partial charge on any atom is -0.478 e. The van der Waals surface area contributed by atoms with Gasteiger partial charge in [-0.25, -0.2) is 13.9 Å². The third-order valence-corrected chi connectivity index (χ3v) is 3.09. The number of carbonyl (C=O) groups is 1. The van der Waals surface area contributed by atoms with Crippen LogP contribution in [-0.4, -0.2) is 26.1 Å². The topological polar surface area (TPSA) is 68.0 Å². The first-order valence-corrected chi connectivity index (χ1v) is 5.91. The molecule has 0 aliphatic carbocycles. The van der Waals surface area contributed by atoms with Gasteiger partial charge in [0.05, 0.1) is 16.8 Å². The highest BCUT2D eigenvalue weighted by Gasteiger charge is 2.12. The molecule has 0 atom stereocenters. The zero-order valence-corrected chi connectivity index (χ0v) is 10.5. The molecule has 0 saturated carbocycles. The molecule has 2 aromatic carbocycles. The van der Waals surface area contributed by atoms with Gasteiger partial charge in [0.25, 0.3) is 0 Å². The van der Waals surface area contributed by atoms with Crippen LogP contribution >= 0.6 is 0 Å². The van der Waals surface area contributed by atoms with Crippen molar-refractivity contribution in [2.45, 2.75) is 6.92 Å². The SMILES string of the molecule is Cc1ccc(F)cc1-n1nnc2cc(C(=O)O)ccc21. The zero-order valence-electron chi connectivity index (χ0n) is 10.5. The molecule has 0 bridgehead atoms. The number of fused-ring (bicyclic) bond motifs is 1. The van der Waals surface area contributed by atoms with Crippen LogP contribution in [0.15, 0.2) is 36.4 Å². The maximum Gasteiger partial charge on any atom is 0.335 e. The summed E-state index contributed by atoms with van der Waals surface area (Å²) in [6.45, 7) is 1.84. The van der Waals surface area contributed by atoms with Crippen molar-refractivity contribution in [3.63, 3.8) is 0 Å². The van der Waals surface area contributed by atoms with Gasteiger partial charge in [0, 0.05) is 0 Å². The predicted molar refractivity (Wildman–Crippen MR) is 70.5 cm³/mol. The first kappa shape index (κ1) is 12.3. The molecule has 0 amide bonds. The van der Waals surface area contributed by atoms with Crippen LogP contribution in [0.5, 0.6) is 0 Å². The number of carboxylic acid groups (broad SMARTS) is 1. The molecule has 1 N–H and O–H groups in total. The zero-order chi connectivity index (χ0) is 14.3. The quantitative estimate of drug-likeness (QED) is 0.777. The first-order valence-electron chi connectivity index (χ1n) is 5.91. The van der Waals surface area contributed by atoms with Crippen LogP contribution in [0.4, 0.5) is 4.39 Å². The van der Waals surface area contributed by atoms with Crippen molar-refractivity contribution < 1.29 is 14.3 Å². The van der Waals surface area contributed by atoms with Crippen molar-refractivity contribution >= 4 is 17.0 Å². The van der Waals surface area contributed by atoms with Gasteiger partial charge in [-0.05, 0) is 42.8 Å². The third-order valence-electron chi connectivity index (χ3n) is 3.09. The minimum absolute atomic E-state index is 0.139. The van der Waals surface area contributed by atoms with Crippen LogP contribution in [-0.2, 0) is 0 Å². The van der Waals surface area contributed by atoms with Gasteiger partial charge in [0.2, 0.25) is 0 Å². The van der Waals surface area contributed by atoms with E-state index in [0.717, 1.165) is 5.56 Å². The van der Waals surface area contributed by atoms with Crippen LogP contribution in [0.1, 0.15) is 15.9 Å². The summed E-state index contributed by atoms with van der Waals surface area (Å²) in [5.41, 5.74) is 2.65. The van der Waals surface area contributed by atoms with Crippen molar-refractivity contribution in [1.82, 2.24) is 15.0 Å². The maximum atomic E-state index is 13.4. The number of hydrogen-bond donors (Lipinski definition) is 1. The number of rotatable bonds is 2. The number of hydrogen-bond acceptors (Lipinski definition) is 3. The highest BCUT2D eigenvalue weighted by Crippen LogP contribution is 2.21. The fourth-order valence-electron chi connectivity index (χ4n) is 2.05. The van der Waals surface area contributed by atoms with E-state index in [9.17, 15) is 9.18 Å². The van der Waals surface area contributed by atoms with Crippen molar-refractivity contribution in [3.8, 4) is 5.69 Å². The molecule has 5 nitrogen and oxygen atoms in total. The molecule has 0 radical (unpaired) electrons. The molecule has 0 unspecified atom stereocenters. The lowest BCUT2D eigenvalue weighted by atomic mass is 10.1. The van der Waals surface area contributed by atoms with Gasteiger partial charge in [-0.2, -0.15) is 0 Å². The fourth-order valence-corrected chi connectivity index (χ4v) is 2.05. The Hall–Kier alpha value is -2.76. The second-order valence-corrected chi connectivity index (χ2v) is 4.44. The predicted octanol–water partition coefficient (Wildman–Crippen LogP) is 2.57. The summed E-state index contributed by atoms with van der Waals surface area (Å²) in [5.74, 6) is -1.39. The van der Waals surface area contributed by atoms with Crippen molar-refractivity contribution in [2.75, 3.05) is 0 Å². The monoisotopic (exact) mass is 271 g/mol. The third kappa shape index (κ3) is 1.91. The van der Waals surface area contributed by atoms with Gasteiger partial charge in [-0.15, -0.1) is 5.10 Å². The number of benzene rings is 2. The molecule has 3 rings (SSSR count). The van der Waals surface area contributed by atoms with Crippen LogP contribution in [0.3, 0.4) is 0 Å². The van der Waals surface area contributed by atoms with E-state index in [1.807, 2.05) is 6.92 Å². The van der Waals surface area contributed by atoms with E-state index in [-0.39, 0.29) is 11.4 Å². The van der Waals surface area contributed by atoms with E-state index in [1.54, 1.807) is 12.1 Å². The van der Waals surface area contributed by atoms with Crippen LogP contribution in [0.25, 0.3) is 16.7 Å². The first-order chi connectivity index (χ1) is 9.56. The Bertz CT molecular complexity index is 826. The Morgan fingerprint density at radius 2 is 2.05 bits per heavy atom. The molecule has 3 aromatic rings. The summed E-state index contributed by atoms with van der Waals surface area (Å²) in [7, 11) is 0. The van der Waals surface area contributed by atoms with Gasteiger partial charge in [0.15, 0.2) is 0 Å². The van der Waals surface area contributed by atoms with E-state index in [0.29, 0.717) is 16.7 Å². The number of halogens is 1. The molecule has 1 heterocycles. The highest BCUT2D eigenvalue weighted by molar-refractivity contribution is 5.92. The molecule has 100 valence electrons. The van der Waals surface area contributed by atoms with Crippen LogP contribution in [0.2, 0.25) is 0 Å². The molecule has 0 spiro atoms. The number of carboxylic acids is 1.